The molecule has 0 saturated carbocycles. The number of carbonyl (C=O) groups excluding carboxylic acids is 1. The molecule has 1 N–H and O–H groups in total. The Morgan fingerprint density at radius 3 is 2.12 bits per heavy atom. The third-order valence-corrected chi connectivity index (χ3v) is 4.35. The maximum Gasteiger partial charge on any atom is 0.265 e. The minimum atomic E-state index is -0.507. The zero-order valence-corrected chi connectivity index (χ0v) is 15.5. The van der Waals surface area contributed by atoms with E-state index in [1.165, 1.54) is 11.1 Å². The predicted octanol–water partition coefficient (Wildman–Crippen LogP) is 5.02. The Kier molecular flexibility index (Phi) is 5.66. The van der Waals surface area contributed by atoms with E-state index in [-0.39, 0.29) is 5.91 Å². The number of rotatable bonds is 5. The molecule has 3 heteroatoms. The molecule has 128 valence electrons. The van der Waals surface area contributed by atoms with Crippen molar-refractivity contribution >= 4 is 11.6 Å². The smallest absolute Gasteiger partial charge is 0.265 e. The Bertz CT molecular complexity index is 726. The number of ether oxygens (including phenoxy) is 1. The molecule has 0 spiro atoms. The van der Waals surface area contributed by atoms with Crippen molar-refractivity contribution in [2.24, 2.45) is 0 Å². The molecule has 0 bridgehead atoms. The van der Waals surface area contributed by atoms with E-state index in [0.717, 1.165) is 28.1 Å². The van der Waals surface area contributed by atoms with Crippen LogP contribution in [0.15, 0.2) is 30.3 Å². The number of hydrogen-bond acceptors (Lipinski definition) is 2. The van der Waals surface area contributed by atoms with Gasteiger partial charge in [-0.05, 0) is 75.4 Å². The van der Waals surface area contributed by atoms with Crippen LogP contribution in [0.1, 0.15) is 41.2 Å². The van der Waals surface area contributed by atoms with Crippen LogP contribution >= 0.6 is 0 Å². The zero-order chi connectivity index (χ0) is 17.9. The van der Waals surface area contributed by atoms with Gasteiger partial charge in [-0.15, -0.1) is 0 Å². The third kappa shape index (κ3) is 4.16. The van der Waals surface area contributed by atoms with Gasteiger partial charge in [0.2, 0.25) is 0 Å². The topological polar surface area (TPSA) is 38.3 Å². The van der Waals surface area contributed by atoms with E-state index >= 15 is 0 Å². The van der Waals surface area contributed by atoms with Crippen molar-refractivity contribution in [1.29, 1.82) is 0 Å². The molecule has 0 saturated heterocycles. The lowest BCUT2D eigenvalue weighted by Gasteiger charge is -2.20. The summed E-state index contributed by atoms with van der Waals surface area (Å²) in [6.45, 7) is 12.2. The molecular formula is C21H27NO2. The second kappa shape index (κ2) is 7.52. The van der Waals surface area contributed by atoms with Gasteiger partial charge < -0.3 is 10.1 Å². The molecule has 3 nitrogen and oxygen atoms in total. The van der Waals surface area contributed by atoms with E-state index < -0.39 is 6.10 Å². The van der Waals surface area contributed by atoms with Gasteiger partial charge in [0.25, 0.3) is 5.91 Å². The average molecular weight is 325 g/mol. The second-order valence-corrected chi connectivity index (χ2v) is 6.52. The van der Waals surface area contributed by atoms with Gasteiger partial charge in [0, 0.05) is 5.69 Å². The van der Waals surface area contributed by atoms with Crippen LogP contribution in [0.4, 0.5) is 5.69 Å². The molecule has 0 radical (unpaired) electrons. The summed E-state index contributed by atoms with van der Waals surface area (Å²) in [4.78, 5) is 12.7. The van der Waals surface area contributed by atoms with Gasteiger partial charge in [0.1, 0.15) is 5.75 Å². The maximum absolute atomic E-state index is 12.7. The van der Waals surface area contributed by atoms with Gasteiger partial charge >= 0.3 is 0 Å². The number of carbonyl (C=O) groups is 1. The van der Waals surface area contributed by atoms with E-state index in [1.807, 2.05) is 45.9 Å². The molecule has 0 aromatic heterocycles. The van der Waals surface area contributed by atoms with Crippen molar-refractivity contribution in [3.63, 3.8) is 0 Å². The molecule has 2 aromatic carbocycles. The van der Waals surface area contributed by atoms with Gasteiger partial charge in [0.05, 0.1) is 0 Å². The van der Waals surface area contributed by atoms with E-state index in [9.17, 15) is 4.79 Å². The standard InChI is InChI=1S/C21H27NO2/c1-7-19(24-18-9-8-14(3)15(4)12-18)21(23)22-20-16(5)10-13(2)11-17(20)6/h8-12,19H,7H2,1-6H3,(H,22,23). The summed E-state index contributed by atoms with van der Waals surface area (Å²) in [6, 6.07) is 10.1. The van der Waals surface area contributed by atoms with Gasteiger partial charge in [-0.1, -0.05) is 30.7 Å². The minimum absolute atomic E-state index is 0.106. The fourth-order valence-electron chi connectivity index (χ4n) is 2.85. The van der Waals surface area contributed by atoms with Crippen LogP contribution < -0.4 is 10.1 Å². The van der Waals surface area contributed by atoms with Crippen molar-refractivity contribution < 1.29 is 9.53 Å². The normalized spacial score (nSPS) is 11.9. The highest BCUT2D eigenvalue weighted by atomic mass is 16.5. The summed E-state index contributed by atoms with van der Waals surface area (Å²) in [5.41, 5.74) is 6.59. The summed E-state index contributed by atoms with van der Waals surface area (Å²) in [7, 11) is 0. The summed E-state index contributed by atoms with van der Waals surface area (Å²) >= 11 is 0. The van der Waals surface area contributed by atoms with Crippen molar-refractivity contribution in [3.8, 4) is 5.75 Å². The van der Waals surface area contributed by atoms with Crippen molar-refractivity contribution in [2.75, 3.05) is 5.32 Å². The first-order chi connectivity index (χ1) is 11.3. The van der Waals surface area contributed by atoms with Crippen molar-refractivity contribution in [3.05, 3.63) is 58.1 Å². The molecule has 24 heavy (non-hydrogen) atoms. The van der Waals surface area contributed by atoms with Gasteiger partial charge in [-0.2, -0.15) is 0 Å². The highest BCUT2D eigenvalue weighted by molar-refractivity contribution is 5.95. The molecule has 1 amide bonds. The van der Waals surface area contributed by atoms with E-state index in [2.05, 4.69) is 31.3 Å². The van der Waals surface area contributed by atoms with Crippen LogP contribution in [0.2, 0.25) is 0 Å². The first kappa shape index (κ1) is 18.1. The number of amides is 1. The number of aryl methyl sites for hydroxylation is 5. The predicted molar refractivity (Wildman–Crippen MR) is 99.9 cm³/mol. The zero-order valence-electron chi connectivity index (χ0n) is 15.5. The number of benzene rings is 2. The fourth-order valence-corrected chi connectivity index (χ4v) is 2.85. The Morgan fingerprint density at radius 1 is 0.958 bits per heavy atom. The summed E-state index contributed by atoms with van der Waals surface area (Å²) in [5.74, 6) is 0.628. The Morgan fingerprint density at radius 2 is 1.58 bits per heavy atom. The van der Waals surface area contributed by atoms with Crippen LogP contribution in [-0.2, 0) is 4.79 Å². The molecule has 1 atom stereocenters. The Labute approximate surface area is 145 Å². The second-order valence-electron chi connectivity index (χ2n) is 6.52. The van der Waals surface area contributed by atoms with Crippen molar-refractivity contribution in [2.45, 2.75) is 54.1 Å². The fraction of sp³-hybridized carbons (Fsp3) is 0.381. The van der Waals surface area contributed by atoms with Gasteiger partial charge in [-0.25, -0.2) is 0 Å². The molecule has 0 aliphatic heterocycles. The number of hydrogen-bond donors (Lipinski definition) is 1. The molecule has 0 aliphatic carbocycles. The molecule has 2 rings (SSSR count). The van der Waals surface area contributed by atoms with Crippen LogP contribution in [0, 0.1) is 34.6 Å². The van der Waals surface area contributed by atoms with E-state index in [1.54, 1.807) is 0 Å². The van der Waals surface area contributed by atoms with Crippen LogP contribution in [0.3, 0.4) is 0 Å². The van der Waals surface area contributed by atoms with Crippen LogP contribution in [0.25, 0.3) is 0 Å². The third-order valence-electron chi connectivity index (χ3n) is 4.35. The minimum Gasteiger partial charge on any atom is -0.481 e. The maximum atomic E-state index is 12.7. The lowest BCUT2D eigenvalue weighted by atomic mass is 10.0. The van der Waals surface area contributed by atoms with Gasteiger partial charge in [-0.3, -0.25) is 4.79 Å². The van der Waals surface area contributed by atoms with Gasteiger partial charge in [0.15, 0.2) is 6.10 Å². The summed E-state index contributed by atoms with van der Waals surface area (Å²) < 4.78 is 5.92. The first-order valence-corrected chi connectivity index (χ1v) is 8.44. The largest absolute Gasteiger partial charge is 0.481 e. The summed E-state index contributed by atoms with van der Waals surface area (Å²) in [5, 5.41) is 3.04. The highest BCUT2D eigenvalue weighted by Gasteiger charge is 2.20. The molecular weight excluding hydrogens is 298 g/mol. The SMILES string of the molecule is CCC(Oc1ccc(C)c(C)c1)C(=O)Nc1c(C)cc(C)cc1C. The summed E-state index contributed by atoms with van der Waals surface area (Å²) in [6.07, 6.45) is 0.107. The lowest BCUT2D eigenvalue weighted by molar-refractivity contribution is -0.122. The van der Waals surface area contributed by atoms with Crippen molar-refractivity contribution in [1.82, 2.24) is 0 Å². The highest BCUT2D eigenvalue weighted by Crippen LogP contribution is 2.23. The molecule has 1 unspecified atom stereocenters. The lowest BCUT2D eigenvalue weighted by Crippen LogP contribution is -2.32. The first-order valence-electron chi connectivity index (χ1n) is 8.44. The van der Waals surface area contributed by atoms with Crippen LogP contribution in [-0.4, -0.2) is 12.0 Å². The van der Waals surface area contributed by atoms with E-state index in [4.69, 9.17) is 4.74 Å². The number of nitrogens with one attached hydrogen (secondary N) is 1. The van der Waals surface area contributed by atoms with E-state index in [0.29, 0.717) is 6.42 Å². The Balaban J connectivity index is 2.16. The molecule has 0 heterocycles. The number of anilines is 1. The quantitative estimate of drug-likeness (QED) is 0.838. The average Bonchev–Trinajstić information content (AvgIpc) is 2.51. The molecule has 0 fully saturated rings. The van der Waals surface area contributed by atoms with Crippen LogP contribution in [0.5, 0.6) is 5.75 Å². The Hall–Kier alpha value is -2.29. The monoisotopic (exact) mass is 325 g/mol. The molecule has 0 aliphatic rings. The molecule has 2 aromatic rings.